The van der Waals surface area contributed by atoms with E-state index in [1.165, 1.54) is 5.39 Å². The fourth-order valence-electron chi connectivity index (χ4n) is 4.68. The van der Waals surface area contributed by atoms with Crippen LogP contribution in [-0.2, 0) is 13.2 Å². The molecule has 0 unspecified atom stereocenters. The van der Waals surface area contributed by atoms with Gasteiger partial charge in [0.1, 0.15) is 18.2 Å². The fraction of sp³-hybridized carbons (Fsp3) is 0.103. The van der Waals surface area contributed by atoms with Crippen LogP contribution in [-0.4, -0.2) is 20.3 Å². The largest absolute Gasteiger partial charge is 0.486 e. The molecule has 5 heteroatoms. The van der Waals surface area contributed by atoms with Crippen LogP contribution in [0.25, 0.3) is 32.7 Å². The molecule has 0 radical (unpaired) electrons. The molecule has 0 fully saturated rings. The zero-order valence-corrected chi connectivity index (χ0v) is 18.8. The van der Waals surface area contributed by atoms with E-state index >= 15 is 0 Å². The van der Waals surface area contributed by atoms with Gasteiger partial charge in [-0.1, -0.05) is 60.7 Å². The van der Waals surface area contributed by atoms with Crippen molar-refractivity contribution in [2.24, 2.45) is 0 Å². The van der Waals surface area contributed by atoms with Crippen LogP contribution in [0.3, 0.4) is 0 Å². The average molecular weight is 446 g/mol. The number of nitrogens with zero attached hydrogens (tertiary/aromatic N) is 2. The van der Waals surface area contributed by atoms with Crippen LogP contribution in [0.4, 0.5) is 0 Å². The summed E-state index contributed by atoms with van der Waals surface area (Å²) in [5.74, 6) is 1.54. The molecule has 2 aromatic heterocycles. The van der Waals surface area contributed by atoms with Crippen molar-refractivity contribution in [1.82, 2.24) is 14.5 Å². The van der Waals surface area contributed by atoms with Crippen LogP contribution >= 0.6 is 0 Å². The number of hydrogen-bond donors (Lipinski definition) is 1. The topological polar surface area (TPSA) is 59.9 Å². The maximum Gasteiger partial charge on any atom is 0.184 e. The summed E-state index contributed by atoms with van der Waals surface area (Å²) >= 11 is 0. The van der Waals surface area contributed by atoms with E-state index in [4.69, 9.17) is 9.72 Å². The summed E-state index contributed by atoms with van der Waals surface area (Å²) in [5.41, 5.74) is 4.35. The van der Waals surface area contributed by atoms with Gasteiger partial charge in [0.15, 0.2) is 5.78 Å². The van der Waals surface area contributed by atoms with Crippen molar-refractivity contribution in [2.75, 3.05) is 0 Å². The first kappa shape index (κ1) is 20.2. The quantitative estimate of drug-likeness (QED) is 0.300. The van der Waals surface area contributed by atoms with Gasteiger partial charge in [0.05, 0.1) is 17.6 Å². The number of H-pyrrole nitrogens is 1. The van der Waals surface area contributed by atoms with Gasteiger partial charge in [-0.3, -0.25) is 4.79 Å². The minimum atomic E-state index is 0.0464. The molecule has 6 rings (SSSR count). The summed E-state index contributed by atoms with van der Waals surface area (Å²) in [5, 5.41) is 3.24. The number of rotatable bonds is 6. The Hall–Kier alpha value is -4.38. The number of Topliss-reactive ketones (excluding diaryl/α,β-unsaturated/α-hetero) is 1. The highest BCUT2D eigenvalue weighted by molar-refractivity contribution is 6.09. The van der Waals surface area contributed by atoms with Gasteiger partial charge in [0.25, 0.3) is 0 Å². The number of aromatic amines is 1. The summed E-state index contributed by atoms with van der Waals surface area (Å²) in [6.07, 6.45) is 0. The Bertz CT molecular complexity index is 1680. The van der Waals surface area contributed by atoms with Crippen molar-refractivity contribution >= 4 is 38.5 Å². The van der Waals surface area contributed by atoms with E-state index in [0.29, 0.717) is 0 Å². The molecule has 0 aliphatic heterocycles. The van der Waals surface area contributed by atoms with Crippen LogP contribution in [0.1, 0.15) is 21.9 Å². The summed E-state index contributed by atoms with van der Waals surface area (Å²) in [4.78, 5) is 21.6. The lowest BCUT2D eigenvalue weighted by molar-refractivity contribution is 0.0972. The lowest BCUT2D eigenvalue weighted by Crippen LogP contribution is -2.15. The molecule has 1 N–H and O–H groups in total. The Morgan fingerprint density at radius 3 is 2.59 bits per heavy atom. The minimum Gasteiger partial charge on any atom is -0.486 e. The molecular formula is C29H23N3O2. The monoisotopic (exact) mass is 445 g/mol. The van der Waals surface area contributed by atoms with E-state index in [2.05, 4.69) is 23.2 Å². The first-order valence-corrected chi connectivity index (χ1v) is 11.3. The van der Waals surface area contributed by atoms with Crippen LogP contribution in [0, 0.1) is 6.92 Å². The van der Waals surface area contributed by atoms with Gasteiger partial charge in [-0.2, -0.15) is 0 Å². The SMILES string of the molecule is Cc1[nH]c2ccccc2c1C(=O)Cn1c(COc2ccc3ccccc3c2)nc2ccccc21. The molecule has 0 aliphatic rings. The van der Waals surface area contributed by atoms with E-state index in [0.717, 1.165) is 50.2 Å². The van der Waals surface area contributed by atoms with Crippen LogP contribution < -0.4 is 4.74 Å². The third-order valence-corrected chi connectivity index (χ3v) is 6.30. The number of nitrogens with one attached hydrogen (secondary N) is 1. The number of aryl methyl sites for hydroxylation is 1. The second-order valence-electron chi connectivity index (χ2n) is 8.49. The lowest BCUT2D eigenvalue weighted by Gasteiger charge is -2.11. The number of hydrogen-bond acceptors (Lipinski definition) is 3. The second kappa shape index (κ2) is 8.19. The molecule has 6 aromatic rings. The van der Waals surface area contributed by atoms with Crippen molar-refractivity contribution in [3.63, 3.8) is 0 Å². The first-order valence-electron chi connectivity index (χ1n) is 11.3. The molecule has 34 heavy (non-hydrogen) atoms. The lowest BCUT2D eigenvalue weighted by atomic mass is 10.1. The average Bonchev–Trinajstić information content (AvgIpc) is 3.39. The number of ketones is 1. The Kier molecular flexibility index (Phi) is 4.88. The highest BCUT2D eigenvalue weighted by Gasteiger charge is 2.20. The van der Waals surface area contributed by atoms with E-state index in [-0.39, 0.29) is 18.9 Å². The van der Waals surface area contributed by atoms with Crippen molar-refractivity contribution in [2.45, 2.75) is 20.1 Å². The van der Waals surface area contributed by atoms with Gasteiger partial charge in [0, 0.05) is 22.2 Å². The zero-order chi connectivity index (χ0) is 23.1. The fourth-order valence-corrected chi connectivity index (χ4v) is 4.68. The molecule has 0 amide bonds. The van der Waals surface area contributed by atoms with Gasteiger partial charge in [-0.25, -0.2) is 4.98 Å². The number of aromatic nitrogens is 3. The molecule has 2 heterocycles. The Morgan fingerprint density at radius 2 is 1.68 bits per heavy atom. The standard InChI is InChI=1S/C29H23N3O2/c1-19-29(23-10-4-5-11-24(23)30-19)27(33)17-32-26-13-7-6-12-25(26)31-28(32)18-34-22-15-14-20-8-2-3-9-21(20)16-22/h2-16,30H,17-18H2,1H3. The van der Waals surface area contributed by atoms with Gasteiger partial charge >= 0.3 is 0 Å². The predicted octanol–water partition coefficient (Wildman–Crippen LogP) is 6.44. The number of ether oxygens (including phenoxy) is 1. The molecular weight excluding hydrogens is 422 g/mol. The molecule has 0 spiro atoms. The van der Waals surface area contributed by atoms with Crippen molar-refractivity contribution in [3.8, 4) is 5.75 Å². The van der Waals surface area contributed by atoms with E-state index in [1.54, 1.807) is 0 Å². The number of imidazole rings is 1. The normalized spacial score (nSPS) is 11.4. The highest BCUT2D eigenvalue weighted by atomic mass is 16.5. The molecule has 0 atom stereocenters. The Labute approximate surface area is 196 Å². The van der Waals surface area contributed by atoms with Gasteiger partial charge < -0.3 is 14.3 Å². The second-order valence-corrected chi connectivity index (χ2v) is 8.49. The molecule has 0 saturated heterocycles. The maximum atomic E-state index is 13.5. The maximum absolute atomic E-state index is 13.5. The molecule has 166 valence electrons. The third kappa shape index (κ3) is 3.52. The predicted molar refractivity (Wildman–Crippen MR) is 135 cm³/mol. The zero-order valence-electron chi connectivity index (χ0n) is 18.8. The molecule has 0 saturated carbocycles. The van der Waals surface area contributed by atoms with Crippen LogP contribution in [0.5, 0.6) is 5.75 Å². The minimum absolute atomic E-state index is 0.0464. The third-order valence-electron chi connectivity index (χ3n) is 6.30. The van der Waals surface area contributed by atoms with E-state index < -0.39 is 0 Å². The summed E-state index contributed by atoms with van der Waals surface area (Å²) in [6, 6.07) is 30.0. The molecule has 4 aromatic carbocycles. The number of carbonyl (C=O) groups is 1. The number of carbonyl (C=O) groups excluding carboxylic acids is 1. The highest BCUT2D eigenvalue weighted by Crippen LogP contribution is 2.25. The van der Waals surface area contributed by atoms with Crippen molar-refractivity contribution in [3.05, 3.63) is 108 Å². The van der Waals surface area contributed by atoms with E-state index in [1.807, 2.05) is 84.3 Å². The first-order chi connectivity index (χ1) is 16.7. The number of benzene rings is 4. The summed E-state index contributed by atoms with van der Waals surface area (Å²) in [7, 11) is 0. The Morgan fingerprint density at radius 1 is 0.912 bits per heavy atom. The molecule has 0 aliphatic carbocycles. The Balaban J connectivity index is 1.34. The summed E-state index contributed by atoms with van der Waals surface area (Å²) in [6.45, 7) is 2.41. The number of para-hydroxylation sites is 3. The van der Waals surface area contributed by atoms with Gasteiger partial charge in [0.2, 0.25) is 0 Å². The van der Waals surface area contributed by atoms with E-state index in [9.17, 15) is 4.79 Å². The van der Waals surface area contributed by atoms with Crippen molar-refractivity contribution in [1.29, 1.82) is 0 Å². The van der Waals surface area contributed by atoms with Crippen LogP contribution in [0.2, 0.25) is 0 Å². The molecule has 5 nitrogen and oxygen atoms in total. The van der Waals surface area contributed by atoms with Gasteiger partial charge in [-0.05, 0) is 48.0 Å². The van der Waals surface area contributed by atoms with Crippen LogP contribution in [0.15, 0.2) is 91.0 Å². The van der Waals surface area contributed by atoms with Gasteiger partial charge in [-0.15, -0.1) is 0 Å². The van der Waals surface area contributed by atoms with Crippen molar-refractivity contribution < 1.29 is 9.53 Å². The summed E-state index contributed by atoms with van der Waals surface area (Å²) < 4.78 is 8.11. The smallest absolute Gasteiger partial charge is 0.184 e. The number of fused-ring (bicyclic) bond motifs is 3. The molecule has 0 bridgehead atoms.